The van der Waals surface area contributed by atoms with Crippen molar-refractivity contribution in [3.05, 3.63) is 162 Å². The van der Waals surface area contributed by atoms with Crippen LogP contribution in [0.2, 0.25) is 0 Å². The van der Waals surface area contributed by atoms with Crippen LogP contribution < -0.4 is 0 Å². The monoisotopic (exact) mass is 1420 g/mol. The maximum absolute atomic E-state index is 15.8. The number of hydrogen-bond donors (Lipinski definition) is 0. The van der Waals surface area contributed by atoms with Crippen LogP contribution in [0.15, 0.2) is 131 Å². The molecule has 2 aromatic carbocycles. The number of benzene rings is 2. The van der Waals surface area contributed by atoms with E-state index in [9.17, 15) is 0 Å². The minimum absolute atomic E-state index is 0.0607. The summed E-state index contributed by atoms with van der Waals surface area (Å²) in [6.07, 6.45) is 16.6. The maximum Gasteiger partial charge on any atom is 0.261 e. The first-order chi connectivity index (χ1) is 47.2. The molecule has 0 aliphatic carbocycles. The molecule has 0 N–H and O–H groups in total. The predicted octanol–water partition coefficient (Wildman–Crippen LogP) is 24.2. The number of unbranched alkanes of at least 4 members (excludes halogenated alkanes) is 4. The van der Waals surface area contributed by atoms with Crippen LogP contribution in [-0.2, 0) is 19.2 Å². The summed E-state index contributed by atoms with van der Waals surface area (Å²) < 4.78 is 2.48. The Labute approximate surface area is 602 Å². The van der Waals surface area contributed by atoms with E-state index in [1.54, 1.807) is 79.4 Å². The highest BCUT2D eigenvalue weighted by molar-refractivity contribution is 7.28. The zero-order valence-corrected chi connectivity index (χ0v) is 63.8. The van der Waals surface area contributed by atoms with Crippen LogP contribution >= 0.6 is 79.4 Å². The molecule has 8 nitrogen and oxygen atoms in total. The molecule has 0 fully saturated rings. The van der Waals surface area contributed by atoms with E-state index in [1.807, 2.05) is 19.6 Å². The Morgan fingerprint density at radius 1 is 0.309 bits per heavy atom. The van der Waals surface area contributed by atoms with E-state index in [1.165, 1.54) is 41.1 Å². The molecule has 0 radical (unpaired) electrons. The van der Waals surface area contributed by atoms with Gasteiger partial charge < -0.3 is 19.6 Å². The lowest BCUT2D eigenvalue weighted by molar-refractivity contribution is -0.124. The molecular weight excluding hydrogens is 1330 g/mol. The van der Waals surface area contributed by atoms with Crippen molar-refractivity contribution in [2.24, 2.45) is 23.7 Å². The lowest BCUT2D eigenvalue weighted by Crippen LogP contribution is -2.34. The van der Waals surface area contributed by atoms with Gasteiger partial charge in [0.25, 0.3) is 23.6 Å². The first-order valence-corrected chi connectivity index (χ1v) is 41.7. The summed E-state index contributed by atoms with van der Waals surface area (Å²) in [6, 6.07) is 39.0. The number of hydrogen-bond acceptors (Lipinski definition) is 11. The van der Waals surface area contributed by atoms with Gasteiger partial charge in [-0.25, -0.2) is 0 Å². The van der Waals surface area contributed by atoms with Gasteiger partial charge in [-0.2, -0.15) is 0 Å². The molecule has 13 rings (SSSR count). The van der Waals surface area contributed by atoms with Gasteiger partial charge in [0.2, 0.25) is 0 Å². The summed E-state index contributed by atoms with van der Waals surface area (Å²) in [6.45, 7) is 24.6. The van der Waals surface area contributed by atoms with Crippen molar-refractivity contribution in [3.8, 4) is 39.0 Å². The molecule has 0 spiro atoms. The molecule has 0 bridgehead atoms. The fourth-order valence-corrected chi connectivity index (χ4v) is 23.1. The van der Waals surface area contributed by atoms with Gasteiger partial charge in [-0.05, 0) is 158 Å². The average molecular weight is 1420 g/mol. The zero-order valence-electron chi connectivity index (χ0n) is 58.1. The number of carbonyl (C=O) groups excluding carboxylic acids is 4. The lowest BCUT2D eigenvalue weighted by atomic mass is 9.98. The Kier molecular flexibility index (Phi) is 21.6. The van der Waals surface area contributed by atoms with Crippen molar-refractivity contribution in [2.45, 2.75) is 172 Å². The fraction of sp³-hybridized carbons (Fsp3) is 0.415. The molecule has 4 unspecified atom stereocenters. The van der Waals surface area contributed by atoms with Crippen LogP contribution in [-0.4, -0.2) is 69.4 Å². The Morgan fingerprint density at radius 3 is 0.856 bits per heavy atom. The van der Waals surface area contributed by atoms with Gasteiger partial charge in [0, 0.05) is 74.6 Å². The van der Waals surface area contributed by atoms with Gasteiger partial charge in [-0.15, -0.1) is 79.4 Å². The highest BCUT2D eigenvalue weighted by atomic mass is 32.1. The average Bonchev–Trinajstić information content (AvgIpc) is 1.56. The third-order valence-electron chi connectivity index (χ3n) is 20.9. The summed E-state index contributed by atoms with van der Waals surface area (Å²) in [5.41, 5.74) is 7.70. The lowest BCUT2D eigenvalue weighted by Gasteiger charge is -2.29. The number of thiophene rings is 7. The normalized spacial score (nSPS) is 16.4. The second kappa shape index (κ2) is 30.3. The number of carbonyl (C=O) groups is 4. The van der Waals surface area contributed by atoms with Crippen molar-refractivity contribution in [1.82, 2.24) is 19.6 Å². The highest BCUT2D eigenvalue weighted by Crippen LogP contribution is 2.55. The largest absolute Gasteiger partial charge is 0.306 e. The molecule has 15 heteroatoms. The number of fused-ring (bicyclic) bond motifs is 4. The highest BCUT2D eigenvalue weighted by Gasteiger charge is 2.52. The smallest absolute Gasteiger partial charge is 0.261 e. The van der Waals surface area contributed by atoms with Crippen molar-refractivity contribution in [3.63, 3.8) is 0 Å². The topological polar surface area (TPSA) is 81.2 Å². The van der Waals surface area contributed by atoms with Crippen molar-refractivity contribution in [1.29, 1.82) is 0 Å². The molecule has 0 saturated heterocycles. The fourth-order valence-electron chi connectivity index (χ4n) is 14.9. The van der Waals surface area contributed by atoms with E-state index in [4.69, 9.17) is 0 Å². The first kappa shape index (κ1) is 69.2. The molecule has 4 aliphatic rings. The Bertz CT molecular complexity index is 4210. The van der Waals surface area contributed by atoms with E-state index >= 15 is 19.2 Å². The summed E-state index contributed by atoms with van der Waals surface area (Å²) in [7, 11) is 0. The molecule has 506 valence electrons. The quantitative estimate of drug-likeness (QED) is 0.0421. The summed E-state index contributed by atoms with van der Waals surface area (Å²) in [5.74, 6) is 0.901. The van der Waals surface area contributed by atoms with Crippen LogP contribution in [0.1, 0.15) is 189 Å². The van der Waals surface area contributed by atoms with Crippen LogP contribution in [0, 0.1) is 37.5 Å². The van der Waals surface area contributed by atoms with E-state index in [0.717, 1.165) is 174 Å². The third kappa shape index (κ3) is 13.3. The molecule has 9 aromatic rings. The molecule has 4 aliphatic heterocycles. The molecule has 4 atom stereocenters. The van der Waals surface area contributed by atoms with Gasteiger partial charge in [-0.1, -0.05) is 169 Å². The summed E-state index contributed by atoms with van der Waals surface area (Å²) in [4.78, 5) is 84.3. The van der Waals surface area contributed by atoms with Gasteiger partial charge in [-0.3, -0.25) is 19.2 Å². The summed E-state index contributed by atoms with van der Waals surface area (Å²) >= 11 is 12.1. The molecule has 0 saturated carbocycles. The molecule has 11 heterocycles. The van der Waals surface area contributed by atoms with Gasteiger partial charge in [0.05, 0.1) is 64.6 Å². The maximum atomic E-state index is 15.8. The SMILES string of the molecule is CCCCC(CC)CN1C(=O)C2=C(c3ccc(-c4sc(-c5ccc(C6=C7C(=O)N(CC(CC)CCCC)C(c8ccc(-c9cc%10ccccc%10s9)s8)=C7C(=O)N6CC(CC)CCCC)s5)c(C)c4C)s3)N(CC(CC)CCCC)C(=O)C2=C1c1ccc(-c2cc3ccccc3s2)s1. The minimum atomic E-state index is -0.0607. The zero-order chi connectivity index (χ0) is 67.8. The Morgan fingerprint density at radius 2 is 0.577 bits per heavy atom. The van der Waals surface area contributed by atoms with Crippen molar-refractivity contribution < 1.29 is 19.2 Å². The second-order valence-electron chi connectivity index (χ2n) is 27.2. The van der Waals surface area contributed by atoms with Crippen LogP contribution in [0.3, 0.4) is 0 Å². The second-order valence-corrected chi connectivity index (χ2v) is 34.7. The molecule has 4 amide bonds. The van der Waals surface area contributed by atoms with E-state index in [0.29, 0.717) is 60.3 Å². The van der Waals surface area contributed by atoms with Gasteiger partial charge >= 0.3 is 0 Å². The number of rotatable bonds is 32. The molecule has 97 heavy (non-hydrogen) atoms. The minimum Gasteiger partial charge on any atom is -0.306 e. The third-order valence-corrected chi connectivity index (χ3v) is 29.6. The Hall–Kier alpha value is -6.30. The standard InChI is InChI=1S/C82H92N4O4S7/c1-11-19-27-51(15-5)45-83-73(61-37-35-59(93-61)67-43-55-31-23-25-33-57(55)91-67)69-71(81(83)89)75(85(79(69)87)47-53(17-7)29-21-13-3)63-39-41-65(95-63)77-49(9)50(10)78(97-77)66-42-40-64(96-66)76-72-70(80(88)86(76)48-54(18-8)30-22-14-4)74(84(82(72)90)46-52(16-6)28-20-12-2)62-38-36-60(94-62)68-44-56-32-24-26-34-58(56)92-68/h23-26,31-44,51-54H,11-22,27-30,45-48H2,1-10H3. The number of amides is 4. The molecular formula is C82H92N4O4S7. The predicted molar refractivity (Wildman–Crippen MR) is 418 cm³/mol. The van der Waals surface area contributed by atoms with Gasteiger partial charge in [0.15, 0.2) is 0 Å². The van der Waals surface area contributed by atoms with Crippen molar-refractivity contribution in [2.75, 3.05) is 26.2 Å². The van der Waals surface area contributed by atoms with E-state index in [2.05, 4.69) is 178 Å². The van der Waals surface area contributed by atoms with Crippen molar-refractivity contribution >= 4 is 146 Å². The van der Waals surface area contributed by atoms with Crippen LogP contribution in [0.25, 0.3) is 82.0 Å². The molecule has 7 aromatic heterocycles. The summed E-state index contributed by atoms with van der Waals surface area (Å²) in [5, 5.41) is 2.44. The van der Waals surface area contributed by atoms with E-state index in [-0.39, 0.29) is 35.5 Å². The van der Waals surface area contributed by atoms with E-state index < -0.39 is 0 Å². The van der Waals surface area contributed by atoms with Gasteiger partial charge in [0.1, 0.15) is 0 Å². The number of nitrogens with zero attached hydrogens (tertiary/aromatic N) is 4. The Balaban J connectivity index is 0.899. The first-order valence-electron chi connectivity index (χ1n) is 36.0. The van der Waals surface area contributed by atoms with Crippen LogP contribution in [0.4, 0.5) is 0 Å². The van der Waals surface area contributed by atoms with Crippen LogP contribution in [0.5, 0.6) is 0 Å².